The molecule has 1 amide bonds. The first kappa shape index (κ1) is 16.9. The first-order chi connectivity index (χ1) is 13.2. The van der Waals surface area contributed by atoms with Gasteiger partial charge in [-0.3, -0.25) is 4.79 Å². The minimum Gasteiger partial charge on any atom is -0.394 e. The molecule has 136 valence electrons. The van der Waals surface area contributed by atoms with Crippen LogP contribution in [0.5, 0.6) is 0 Å². The summed E-state index contributed by atoms with van der Waals surface area (Å²) in [6.45, 7) is -0.440. The van der Waals surface area contributed by atoms with Gasteiger partial charge in [0.1, 0.15) is 17.5 Å². The highest BCUT2D eigenvalue weighted by Gasteiger charge is 2.22. The van der Waals surface area contributed by atoms with Gasteiger partial charge in [0.2, 0.25) is 5.82 Å². The number of aromatic nitrogens is 4. The number of H-pyrrole nitrogens is 1. The van der Waals surface area contributed by atoms with Crippen molar-refractivity contribution in [2.75, 3.05) is 6.61 Å². The van der Waals surface area contributed by atoms with Gasteiger partial charge in [-0.1, -0.05) is 5.16 Å². The predicted molar refractivity (Wildman–Crippen MR) is 93.1 cm³/mol. The molecule has 0 fully saturated rings. The van der Waals surface area contributed by atoms with Crippen LogP contribution in [-0.4, -0.2) is 37.7 Å². The van der Waals surface area contributed by atoms with Crippen molar-refractivity contribution in [1.82, 2.24) is 25.4 Å². The first-order valence-electron chi connectivity index (χ1n) is 8.09. The Bertz CT molecular complexity index is 1090. The molecule has 0 bridgehead atoms. The van der Waals surface area contributed by atoms with E-state index >= 15 is 0 Å². The molecule has 0 aliphatic rings. The second-order valence-corrected chi connectivity index (χ2v) is 5.77. The summed E-state index contributed by atoms with van der Waals surface area (Å²) < 4.78 is 18.2. The normalized spacial score (nSPS) is 12.2. The first-order valence-corrected chi connectivity index (χ1v) is 8.09. The summed E-state index contributed by atoms with van der Waals surface area (Å²) in [6, 6.07) is 7.81. The second kappa shape index (κ2) is 6.96. The third-order valence-electron chi connectivity index (χ3n) is 4.03. The molecular weight excluding hydrogens is 353 g/mol. The lowest BCUT2D eigenvalue weighted by atomic mass is 10.2. The molecular formula is C18H14FN5O3. The summed E-state index contributed by atoms with van der Waals surface area (Å²) in [5.74, 6) is -0.579. The molecule has 0 radical (unpaired) electrons. The Labute approximate surface area is 152 Å². The molecule has 1 aromatic carbocycles. The summed E-state index contributed by atoms with van der Waals surface area (Å²) in [6.07, 6.45) is 3.37. The lowest BCUT2D eigenvalue weighted by molar-refractivity contribution is 0.0901. The summed E-state index contributed by atoms with van der Waals surface area (Å²) in [4.78, 5) is 23.7. The number of benzene rings is 1. The molecule has 0 aliphatic carbocycles. The van der Waals surface area contributed by atoms with Gasteiger partial charge in [-0.25, -0.2) is 9.37 Å². The summed E-state index contributed by atoms with van der Waals surface area (Å²) in [5, 5.41) is 16.9. The molecule has 1 unspecified atom stereocenters. The zero-order chi connectivity index (χ0) is 18.8. The third-order valence-corrected chi connectivity index (χ3v) is 4.03. The molecule has 4 rings (SSSR count). The van der Waals surface area contributed by atoms with Crippen LogP contribution >= 0.6 is 0 Å². The number of fused-ring (bicyclic) bond motifs is 1. The van der Waals surface area contributed by atoms with E-state index in [0.717, 1.165) is 5.39 Å². The summed E-state index contributed by atoms with van der Waals surface area (Å²) in [7, 11) is 0. The van der Waals surface area contributed by atoms with Gasteiger partial charge in [-0.15, -0.1) is 0 Å². The number of aliphatic hydroxyl groups excluding tert-OH is 1. The average molecular weight is 367 g/mol. The number of aromatic amines is 1. The maximum absolute atomic E-state index is 13.0. The van der Waals surface area contributed by atoms with Crippen LogP contribution in [0.3, 0.4) is 0 Å². The van der Waals surface area contributed by atoms with Crippen LogP contribution in [0.4, 0.5) is 4.39 Å². The monoisotopic (exact) mass is 367 g/mol. The van der Waals surface area contributed by atoms with Crippen molar-refractivity contribution < 1.29 is 18.8 Å². The van der Waals surface area contributed by atoms with Crippen molar-refractivity contribution >= 4 is 16.9 Å². The molecule has 0 aliphatic heterocycles. The predicted octanol–water partition coefficient (Wildman–Crippen LogP) is 2.22. The van der Waals surface area contributed by atoms with Crippen LogP contribution < -0.4 is 5.32 Å². The summed E-state index contributed by atoms with van der Waals surface area (Å²) >= 11 is 0. The van der Waals surface area contributed by atoms with Crippen LogP contribution in [0.15, 0.2) is 53.3 Å². The van der Waals surface area contributed by atoms with E-state index in [-0.39, 0.29) is 11.5 Å². The zero-order valence-corrected chi connectivity index (χ0v) is 13.9. The van der Waals surface area contributed by atoms with Crippen molar-refractivity contribution in [3.05, 3.63) is 66.1 Å². The molecule has 3 heterocycles. The Kier molecular flexibility index (Phi) is 4.35. The van der Waals surface area contributed by atoms with E-state index < -0.39 is 24.4 Å². The topological polar surface area (TPSA) is 117 Å². The minimum atomic E-state index is -0.896. The molecule has 3 aromatic heterocycles. The lowest BCUT2D eigenvalue weighted by Gasteiger charge is -2.12. The number of hydrogen-bond donors (Lipinski definition) is 3. The van der Waals surface area contributed by atoms with Crippen molar-refractivity contribution in [2.45, 2.75) is 6.04 Å². The molecule has 0 saturated heterocycles. The molecule has 9 heteroatoms. The number of halogens is 1. The standard InChI is InChI=1S/C18H14FN5O3/c19-11-5-3-10(4-6-11)17(26)22-14(9-25)18-23-16(24-27-18)13-8-21-15-12(13)2-1-7-20-15/h1-8,14,25H,9H2,(H,20,21)(H,22,26). The number of aliphatic hydroxyl groups is 1. The highest BCUT2D eigenvalue weighted by molar-refractivity contribution is 5.94. The van der Waals surface area contributed by atoms with Crippen LogP contribution in [0.25, 0.3) is 22.4 Å². The highest BCUT2D eigenvalue weighted by Crippen LogP contribution is 2.26. The van der Waals surface area contributed by atoms with E-state index in [1.54, 1.807) is 18.5 Å². The number of rotatable bonds is 5. The number of nitrogens with one attached hydrogen (secondary N) is 2. The van der Waals surface area contributed by atoms with Crippen LogP contribution in [0.1, 0.15) is 22.3 Å². The lowest BCUT2D eigenvalue weighted by Crippen LogP contribution is -2.31. The Morgan fingerprint density at radius 1 is 1.30 bits per heavy atom. The molecule has 0 spiro atoms. The van der Waals surface area contributed by atoms with Gasteiger partial charge >= 0.3 is 0 Å². The Morgan fingerprint density at radius 3 is 2.89 bits per heavy atom. The van der Waals surface area contributed by atoms with Gasteiger partial charge < -0.3 is 19.9 Å². The van der Waals surface area contributed by atoms with Crippen LogP contribution in [0, 0.1) is 5.82 Å². The number of carbonyl (C=O) groups is 1. The second-order valence-electron chi connectivity index (χ2n) is 5.77. The van der Waals surface area contributed by atoms with Crippen molar-refractivity contribution in [3.63, 3.8) is 0 Å². The van der Waals surface area contributed by atoms with E-state index in [2.05, 4.69) is 25.4 Å². The van der Waals surface area contributed by atoms with Gasteiger partial charge in [0, 0.05) is 28.9 Å². The van der Waals surface area contributed by atoms with Gasteiger partial charge in [-0.2, -0.15) is 4.98 Å². The van der Waals surface area contributed by atoms with E-state index in [1.807, 2.05) is 6.07 Å². The highest BCUT2D eigenvalue weighted by atomic mass is 19.1. The maximum Gasteiger partial charge on any atom is 0.251 e. The number of nitrogens with zero attached hydrogens (tertiary/aromatic N) is 3. The van der Waals surface area contributed by atoms with Crippen molar-refractivity contribution in [1.29, 1.82) is 0 Å². The quantitative estimate of drug-likeness (QED) is 0.498. The molecule has 0 saturated carbocycles. The smallest absolute Gasteiger partial charge is 0.251 e. The zero-order valence-electron chi connectivity index (χ0n) is 13.9. The number of hydrogen-bond acceptors (Lipinski definition) is 6. The van der Waals surface area contributed by atoms with E-state index in [1.165, 1.54) is 24.3 Å². The van der Waals surface area contributed by atoms with E-state index in [9.17, 15) is 14.3 Å². The molecule has 8 nitrogen and oxygen atoms in total. The maximum atomic E-state index is 13.0. The van der Waals surface area contributed by atoms with Crippen LogP contribution in [0.2, 0.25) is 0 Å². The fourth-order valence-corrected chi connectivity index (χ4v) is 2.66. The molecule has 4 aromatic rings. The number of carbonyl (C=O) groups excluding carboxylic acids is 1. The van der Waals surface area contributed by atoms with Crippen molar-refractivity contribution in [3.8, 4) is 11.4 Å². The Morgan fingerprint density at radius 2 is 2.11 bits per heavy atom. The molecule has 1 atom stereocenters. The van der Waals surface area contributed by atoms with Gasteiger partial charge in [0.05, 0.1) is 6.61 Å². The molecule has 3 N–H and O–H groups in total. The van der Waals surface area contributed by atoms with Crippen LogP contribution in [-0.2, 0) is 0 Å². The average Bonchev–Trinajstić information content (AvgIpc) is 3.33. The fraction of sp³-hybridized carbons (Fsp3) is 0.111. The van der Waals surface area contributed by atoms with Crippen molar-refractivity contribution in [2.24, 2.45) is 0 Å². The van der Waals surface area contributed by atoms with Gasteiger partial charge in [0.25, 0.3) is 11.8 Å². The molecule has 27 heavy (non-hydrogen) atoms. The Balaban J connectivity index is 1.57. The fourth-order valence-electron chi connectivity index (χ4n) is 2.66. The summed E-state index contributed by atoms with van der Waals surface area (Å²) in [5.41, 5.74) is 1.62. The van der Waals surface area contributed by atoms with Gasteiger partial charge in [0.15, 0.2) is 0 Å². The van der Waals surface area contributed by atoms with E-state index in [0.29, 0.717) is 17.0 Å². The number of amides is 1. The number of pyridine rings is 1. The van der Waals surface area contributed by atoms with Gasteiger partial charge in [-0.05, 0) is 36.4 Å². The Hall–Kier alpha value is -3.59. The largest absolute Gasteiger partial charge is 0.394 e. The SMILES string of the molecule is O=C(NC(CO)c1nc(-c2c[nH]c3ncccc23)no1)c1ccc(F)cc1. The third kappa shape index (κ3) is 3.27. The van der Waals surface area contributed by atoms with E-state index in [4.69, 9.17) is 4.52 Å². The minimum absolute atomic E-state index is 0.0567.